The highest BCUT2D eigenvalue weighted by atomic mass is 32.1. The summed E-state index contributed by atoms with van der Waals surface area (Å²) in [5, 5.41) is 4.89. The van der Waals surface area contributed by atoms with Crippen molar-refractivity contribution in [3.05, 3.63) is 141 Å². The van der Waals surface area contributed by atoms with Gasteiger partial charge in [0.15, 0.2) is 4.96 Å². The standard InChI is InChI=1S/C32H21FN4O2S/c33-26-14-5-4-9-22(26)20-39-25-13-8-10-21(17-25)30-23(19-36(35-30)24-11-2-1-3-12-24)18-29-31(38)37-28-16-7-6-15-27(28)34-32(37)40-29/h1-19H,20H2. The van der Waals surface area contributed by atoms with Gasteiger partial charge in [0.05, 0.1) is 21.3 Å². The molecule has 0 amide bonds. The van der Waals surface area contributed by atoms with E-state index in [-0.39, 0.29) is 18.0 Å². The Hall–Kier alpha value is -5.08. The molecule has 3 heterocycles. The fraction of sp³-hybridized carbons (Fsp3) is 0.0312. The van der Waals surface area contributed by atoms with Gasteiger partial charge in [0.25, 0.3) is 5.56 Å². The number of fused-ring (bicyclic) bond motifs is 3. The minimum atomic E-state index is -0.305. The highest BCUT2D eigenvalue weighted by Crippen LogP contribution is 2.28. The van der Waals surface area contributed by atoms with Gasteiger partial charge in [-0.1, -0.05) is 72.0 Å². The van der Waals surface area contributed by atoms with Crippen molar-refractivity contribution in [3.8, 4) is 22.7 Å². The molecule has 0 saturated carbocycles. The van der Waals surface area contributed by atoms with Gasteiger partial charge in [-0.3, -0.25) is 4.79 Å². The molecule has 0 N–H and O–H groups in total. The first-order valence-electron chi connectivity index (χ1n) is 12.7. The Morgan fingerprint density at radius 2 is 1.70 bits per heavy atom. The third kappa shape index (κ3) is 4.34. The van der Waals surface area contributed by atoms with E-state index in [1.165, 1.54) is 17.4 Å². The first-order chi connectivity index (χ1) is 19.6. The molecule has 0 fully saturated rings. The Kier molecular flexibility index (Phi) is 5.94. The zero-order valence-corrected chi connectivity index (χ0v) is 21.9. The van der Waals surface area contributed by atoms with Gasteiger partial charge in [-0.2, -0.15) is 5.10 Å². The number of rotatable bonds is 6. The number of halogens is 1. The molecule has 3 aromatic heterocycles. The maximum absolute atomic E-state index is 14.1. The van der Waals surface area contributed by atoms with Gasteiger partial charge in [-0.05, 0) is 48.5 Å². The topological polar surface area (TPSA) is 61.4 Å². The predicted molar refractivity (Wildman–Crippen MR) is 155 cm³/mol. The predicted octanol–water partition coefficient (Wildman–Crippen LogP) is 6.03. The third-order valence-corrected chi connectivity index (χ3v) is 7.62. The van der Waals surface area contributed by atoms with E-state index in [4.69, 9.17) is 9.84 Å². The number of ether oxygens (including phenoxy) is 1. The van der Waals surface area contributed by atoms with E-state index < -0.39 is 0 Å². The number of thiazole rings is 1. The maximum atomic E-state index is 14.1. The first kappa shape index (κ1) is 24.0. The molecule has 7 aromatic rings. The molecule has 8 heteroatoms. The van der Waals surface area contributed by atoms with Crippen LogP contribution in [0.1, 0.15) is 11.1 Å². The van der Waals surface area contributed by atoms with Gasteiger partial charge in [0.2, 0.25) is 0 Å². The first-order valence-corrected chi connectivity index (χ1v) is 13.5. The van der Waals surface area contributed by atoms with Gasteiger partial charge < -0.3 is 4.74 Å². The Labute approximate surface area is 231 Å². The average Bonchev–Trinajstić information content (AvgIpc) is 3.66. The Morgan fingerprint density at radius 3 is 2.58 bits per heavy atom. The molecule has 0 unspecified atom stereocenters. The van der Waals surface area contributed by atoms with E-state index in [1.807, 2.05) is 91.1 Å². The van der Waals surface area contributed by atoms with Crippen molar-refractivity contribution < 1.29 is 9.13 Å². The van der Waals surface area contributed by atoms with Crippen molar-refractivity contribution in [2.45, 2.75) is 6.61 Å². The fourth-order valence-electron chi connectivity index (χ4n) is 4.69. The molecule has 194 valence electrons. The lowest BCUT2D eigenvalue weighted by molar-refractivity contribution is 0.300. The lowest BCUT2D eigenvalue weighted by Gasteiger charge is -2.08. The Bertz CT molecular complexity index is 2110. The number of imidazole rings is 1. The molecule has 0 spiro atoms. The lowest BCUT2D eigenvalue weighted by atomic mass is 10.1. The van der Waals surface area contributed by atoms with Gasteiger partial charge in [-0.15, -0.1) is 0 Å². The van der Waals surface area contributed by atoms with Crippen molar-refractivity contribution in [2.24, 2.45) is 0 Å². The molecular formula is C32H21FN4O2S. The van der Waals surface area contributed by atoms with Crippen LogP contribution in [0.5, 0.6) is 5.75 Å². The normalized spacial score (nSPS) is 12.0. The number of hydrogen-bond donors (Lipinski definition) is 0. The molecule has 0 radical (unpaired) electrons. The molecule has 0 aliphatic heterocycles. The highest BCUT2D eigenvalue weighted by molar-refractivity contribution is 7.15. The van der Waals surface area contributed by atoms with Crippen molar-refractivity contribution in [1.29, 1.82) is 0 Å². The minimum absolute atomic E-state index is 0.107. The number of para-hydroxylation sites is 3. The molecular weight excluding hydrogens is 523 g/mol. The van der Waals surface area contributed by atoms with Crippen molar-refractivity contribution in [1.82, 2.24) is 19.2 Å². The molecule has 40 heavy (non-hydrogen) atoms. The summed E-state index contributed by atoms with van der Waals surface area (Å²) in [4.78, 5) is 18.7. The molecule has 4 aromatic carbocycles. The van der Waals surface area contributed by atoms with Gasteiger partial charge in [0.1, 0.15) is 23.9 Å². The monoisotopic (exact) mass is 544 g/mol. The smallest absolute Gasteiger partial charge is 0.274 e. The summed E-state index contributed by atoms with van der Waals surface area (Å²) in [6.07, 6.45) is 3.78. The van der Waals surface area contributed by atoms with Crippen LogP contribution in [0, 0.1) is 5.82 Å². The number of aromatic nitrogens is 4. The van der Waals surface area contributed by atoms with Crippen LogP contribution in [0.15, 0.2) is 114 Å². The van der Waals surface area contributed by atoms with Crippen LogP contribution in [0.2, 0.25) is 0 Å². The highest BCUT2D eigenvalue weighted by Gasteiger charge is 2.15. The zero-order valence-electron chi connectivity index (χ0n) is 21.1. The van der Waals surface area contributed by atoms with E-state index in [2.05, 4.69) is 4.98 Å². The van der Waals surface area contributed by atoms with Gasteiger partial charge in [0, 0.05) is 22.9 Å². The third-order valence-electron chi connectivity index (χ3n) is 6.65. The average molecular weight is 545 g/mol. The van der Waals surface area contributed by atoms with E-state index in [1.54, 1.807) is 27.3 Å². The summed E-state index contributed by atoms with van der Waals surface area (Å²) < 4.78 is 24.1. The Balaban J connectivity index is 1.33. The molecule has 6 nitrogen and oxygen atoms in total. The van der Waals surface area contributed by atoms with Crippen LogP contribution in [-0.2, 0) is 6.61 Å². The summed E-state index contributed by atoms with van der Waals surface area (Å²) in [6.45, 7) is 0.107. The summed E-state index contributed by atoms with van der Waals surface area (Å²) in [6, 6.07) is 31.5. The van der Waals surface area contributed by atoms with Gasteiger partial charge >= 0.3 is 0 Å². The van der Waals surface area contributed by atoms with Crippen LogP contribution in [0.25, 0.3) is 39.0 Å². The number of benzene rings is 4. The molecule has 0 aliphatic rings. The number of hydrogen-bond acceptors (Lipinski definition) is 5. The lowest BCUT2D eigenvalue weighted by Crippen LogP contribution is -2.22. The van der Waals surface area contributed by atoms with E-state index in [9.17, 15) is 9.18 Å². The van der Waals surface area contributed by atoms with Crippen LogP contribution in [0.4, 0.5) is 4.39 Å². The Morgan fingerprint density at radius 1 is 0.900 bits per heavy atom. The van der Waals surface area contributed by atoms with Crippen LogP contribution >= 0.6 is 11.3 Å². The molecule has 0 aliphatic carbocycles. The zero-order chi connectivity index (χ0) is 27.1. The van der Waals surface area contributed by atoms with Crippen LogP contribution in [0.3, 0.4) is 0 Å². The van der Waals surface area contributed by atoms with Crippen LogP contribution in [-0.4, -0.2) is 19.2 Å². The minimum Gasteiger partial charge on any atom is -0.489 e. The fourth-order valence-corrected chi connectivity index (χ4v) is 5.67. The maximum Gasteiger partial charge on any atom is 0.274 e. The second-order valence-corrected chi connectivity index (χ2v) is 10.3. The summed E-state index contributed by atoms with van der Waals surface area (Å²) in [5.41, 5.74) is 5.12. The van der Waals surface area contributed by atoms with E-state index in [0.717, 1.165) is 27.8 Å². The van der Waals surface area contributed by atoms with Crippen LogP contribution < -0.4 is 14.8 Å². The van der Waals surface area contributed by atoms with Crippen molar-refractivity contribution in [3.63, 3.8) is 0 Å². The molecule has 7 rings (SSSR count). The number of nitrogens with zero attached hydrogens (tertiary/aromatic N) is 4. The second kappa shape index (κ2) is 9.91. The summed E-state index contributed by atoms with van der Waals surface area (Å²) in [7, 11) is 0. The molecule has 0 atom stereocenters. The molecule has 0 saturated heterocycles. The van der Waals surface area contributed by atoms with E-state index in [0.29, 0.717) is 26.5 Å². The largest absolute Gasteiger partial charge is 0.489 e. The van der Waals surface area contributed by atoms with Gasteiger partial charge in [-0.25, -0.2) is 18.5 Å². The summed E-state index contributed by atoms with van der Waals surface area (Å²) in [5.74, 6) is 0.284. The second-order valence-electron chi connectivity index (χ2n) is 9.26. The van der Waals surface area contributed by atoms with Crippen molar-refractivity contribution in [2.75, 3.05) is 0 Å². The summed E-state index contributed by atoms with van der Waals surface area (Å²) >= 11 is 1.35. The SMILES string of the molecule is O=c1c(=Cc2cn(-c3ccccc3)nc2-c2cccc(OCc3ccccc3F)c2)sc2nc3ccccc3n12. The quantitative estimate of drug-likeness (QED) is 0.257. The van der Waals surface area contributed by atoms with Crippen molar-refractivity contribution >= 4 is 33.4 Å². The van der Waals surface area contributed by atoms with E-state index >= 15 is 0 Å². The molecule has 0 bridgehead atoms.